The molecule has 0 spiro atoms. The summed E-state index contributed by atoms with van der Waals surface area (Å²) in [6, 6.07) is 10.7. The Morgan fingerprint density at radius 1 is 1.17 bits per heavy atom. The summed E-state index contributed by atoms with van der Waals surface area (Å²) in [5.41, 5.74) is 3.31. The van der Waals surface area contributed by atoms with Crippen molar-refractivity contribution in [3.63, 3.8) is 0 Å². The van der Waals surface area contributed by atoms with Gasteiger partial charge in [-0.2, -0.15) is 0 Å². The molecule has 0 aliphatic heterocycles. The summed E-state index contributed by atoms with van der Waals surface area (Å²) < 4.78 is 10.4. The Morgan fingerprint density at radius 3 is 2.62 bits per heavy atom. The maximum absolute atomic E-state index is 12.6. The van der Waals surface area contributed by atoms with E-state index < -0.39 is 0 Å². The standard InChI is InChI=1S/C22H22N2O4S/c1-13-16(6-5-7-19(13)27-3)22-24-14(2)21(29-22)18(26)12-23-11-15-8-9-20(28-4)17(25)10-15/h5-11,25H,12H2,1-4H3. The number of phenolic OH excluding ortho intramolecular Hbond substituents is 1. The fraction of sp³-hybridized carbons (Fsp3) is 0.227. The Labute approximate surface area is 173 Å². The lowest BCUT2D eigenvalue weighted by Gasteiger charge is -2.07. The lowest BCUT2D eigenvalue weighted by molar-refractivity contribution is 0.100. The number of nitrogens with zero attached hydrogens (tertiary/aromatic N) is 2. The van der Waals surface area contributed by atoms with Crippen LogP contribution in [0.2, 0.25) is 0 Å². The number of hydrogen-bond acceptors (Lipinski definition) is 7. The first-order valence-corrected chi connectivity index (χ1v) is 9.77. The number of aromatic hydroxyl groups is 1. The number of ether oxygens (including phenoxy) is 2. The Balaban J connectivity index is 1.76. The molecule has 0 bridgehead atoms. The zero-order valence-corrected chi connectivity index (χ0v) is 17.5. The minimum atomic E-state index is -0.0965. The van der Waals surface area contributed by atoms with Gasteiger partial charge in [-0.15, -0.1) is 11.3 Å². The van der Waals surface area contributed by atoms with Gasteiger partial charge in [-0.1, -0.05) is 12.1 Å². The van der Waals surface area contributed by atoms with Gasteiger partial charge in [0.25, 0.3) is 0 Å². The summed E-state index contributed by atoms with van der Waals surface area (Å²) >= 11 is 1.36. The molecule has 0 amide bonds. The van der Waals surface area contributed by atoms with Gasteiger partial charge in [-0.05, 0) is 43.7 Å². The molecule has 2 aromatic carbocycles. The van der Waals surface area contributed by atoms with E-state index in [0.29, 0.717) is 21.9 Å². The van der Waals surface area contributed by atoms with Gasteiger partial charge in [-0.25, -0.2) is 4.98 Å². The molecule has 1 heterocycles. The third-order valence-electron chi connectivity index (χ3n) is 4.46. The maximum atomic E-state index is 12.6. The van der Waals surface area contributed by atoms with Gasteiger partial charge in [0.05, 0.1) is 24.8 Å². The molecule has 3 rings (SSSR count). The number of benzene rings is 2. The van der Waals surface area contributed by atoms with Crippen molar-refractivity contribution in [2.75, 3.05) is 20.8 Å². The molecule has 0 unspecified atom stereocenters. The lowest BCUT2D eigenvalue weighted by Crippen LogP contribution is -2.03. The largest absolute Gasteiger partial charge is 0.504 e. The number of aromatic nitrogens is 1. The van der Waals surface area contributed by atoms with Gasteiger partial charge in [0, 0.05) is 17.3 Å². The molecule has 29 heavy (non-hydrogen) atoms. The maximum Gasteiger partial charge on any atom is 0.196 e. The van der Waals surface area contributed by atoms with Crippen LogP contribution in [0.25, 0.3) is 10.6 Å². The van der Waals surface area contributed by atoms with Crippen molar-refractivity contribution in [2.45, 2.75) is 13.8 Å². The Kier molecular flexibility index (Phi) is 6.29. The van der Waals surface area contributed by atoms with Crippen LogP contribution in [-0.2, 0) is 0 Å². The van der Waals surface area contributed by atoms with E-state index in [9.17, 15) is 9.90 Å². The van der Waals surface area contributed by atoms with E-state index >= 15 is 0 Å². The predicted octanol–water partition coefficient (Wildman–Crippen LogP) is 4.45. The number of phenols is 1. The van der Waals surface area contributed by atoms with Crippen LogP contribution in [-0.4, -0.2) is 42.9 Å². The molecule has 3 aromatic rings. The highest BCUT2D eigenvalue weighted by molar-refractivity contribution is 7.17. The lowest BCUT2D eigenvalue weighted by atomic mass is 10.1. The second kappa shape index (κ2) is 8.87. The summed E-state index contributed by atoms with van der Waals surface area (Å²) in [6.07, 6.45) is 1.56. The molecule has 0 aliphatic rings. The average molecular weight is 410 g/mol. The molecular formula is C22H22N2O4S. The number of carbonyl (C=O) groups is 1. The SMILES string of the molecule is COc1ccc(C=NCC(=O)c2sc(-c3cccc(OC)c3C)nc2C)cc1O. The predicted molar refractivity (Wildman–Crippen MR) is 115 cm³/mol. The highest BCUT2D eigenvalue weighted by Gasteiger charge is 2.17. The van der Waals surface area contributed by atoms with E-state index in [-0.39, 0.29) is 18.1 Å². The molecule has 0 saturated heterocycles. The van der Waals surface area contributed by atoms with E-state index in [1.54, 1.807) is 25.5 Å². The van der Waals surface area contributed by atoms with Gasteiger partial charge in [-0.3, -0.25) is 9.79 Å². The molecule has 0 saturated carbocycles. The fourth-order valence-electron chi connectivity index (χ4n) is 2.93. The molecular weight excluding hydrogens is 388 g/mol. The van der Waals surface area contributed by atoms with Gasteiger partial charge >= 0.3 is 0 Å². The molecule has 150 valence electrons. The van der Waals surface area contributed by atoms with Crippen LogP contribution >= 0.6 is 11.3 Å². The average Bonchev–Trinajstić information content (AvgIpc) is 3.09. The van der Waals surface area contributed by atoms with Crippen molar-refractivity contribution in [1.82, 2.24) is 4.98 Å². The third kappa shape index (κ3) is 4.46. The van der Waals surface area contributed by atoms with Crippen LogP contribution in [0.3, 0.4) is 0 Å². The fourth-order valence-corrected chi connectivity index (χ4v) is 4.01. The van der Waals surface area contributed by atoms with Crippen LogP contribution in [0.1, 0.15) is 26.5 Å². The molecule has 0 fully saturated rings. The highest BCUT2D eigenvalue weighted by Crippen LogP contribution is 2.34. The first-order chi connectivity index (χ1) is 13.9. The minimum absolute atomic E-state index is 0.00631. The van der Waals surface area contributed by atoms with Gasteiger partial charge < -0.3 is 14.6 Å². The monoisotopic (exact) mass is 410 g/mol. The summed E-state index contributed by atoms with van der Waals surface area (Å²) in [4.78, 5) is 22.0. The number of aliphatic imine (C=N–C) groups is 1. The van der Waals surface area contributed by atoms with E-state index in [1.165, 1.54) is 24.5 Å². The number of Topliss-reactive ketones (excluding diaryl/α,β-unsaturated/α-hetero) is 1. The second-order valence-electron chi connectivity index (χ2n) is 6.39. The summed E-state index contributed by atoms with van der Waals surface area (Å²) in [6.45, 7) is 3.81. The number of hydrogen-bond donors (Lipinski definition) is 1. The first-order valence-electron chi connectivity index (χ1n) is 8.96. The number of methoxy groups -OCH3 is 2. The van der Waals surface area contributed by atoms with E-state index in [4.69, 9.17) is 9.47 Å². The minimum Gasteiger partial charge on any atom is -0.504 e. The number of ketones is 1. The Bertz CT molecular complexity index is 1070. The van der Waals surface area contributed by atoms with Crippen LogP contribution in [0.4, 0.5) is 0 Å². The summed E-state index contributed by atoms with van der Waals surface area (Å²) in [5.74, 6) is 1.11. The zero-order chi connectivity index (χ0) is 21.0. The smallest absolute Gasteiger partial charge is 0.196 e. The van der Waals surface area contributed by atoms with Crippen molar-refractivity contribution >= 4 is 23.3 Å². The molecule has 1 aromatic heterocycles. The number of aryl methyl sites for hydroxylation is 1. The Morgan fingerprint density at radius 2 is 1.93 bits per heavy atom. The molecule has 1 N–H and O–H groups in total. The van der Waals surface area contributed by atoms with Gasteiger partial charge in [0.1, 0.15) is 17.3 Å². The molecule has 6 nitrogen and oxygen atoms in total. The highest BCUT2D eigenvalue weighted by atomic mass is 32.1. The topological polar surface area (TPSA) is 81.0 Å². The van der Waals surface area contributed by atoms with E-state index in [1.807, 2.05) is 32.0 Å². The molecule has 0 radical (unpaired) electrons. The van der Waals surface area contributed by atoms with Crippen molar-refractivity contribution in [3.8, 4) is 27.8 Å². The molecule has 7 heteroatoms. The van der Waals surface area contributed by atoms with Crippen LogP contribution in [0.5, 0.6) is 17.2 Å². The molecule has 0 atom stereocenters. The summed E-state index contributed by atoms with van der Waals surface area (Å²) in [5, 5.41) is 10.6. The summed E-state index contributed by atoms with van der Waals surface area (Å²) in [7, 11) is 3.12. The van der Waals surface area contributed by atoms with Crippen molar-refractivity contribution in [3.05, 3.63) is 58.1 Å². The van der Waals surface area contributed by atoms with E-state index in [0.717, 1.165) is 21.9 Å². The Hall–Kier alpha value is -3.19. The quantitative estimate of drug-likeness (QED) is 0.460. The van der Waals surface area contributed by atoms with Crippen LogP contribution in [0, 0.1) is 13.8 Å². The third-order valence-corrected chi connectivity index (χ3v) is 5.69. The second-order valence-corrected chi connectivity index (χ2v) is 7.39. The first kappa shape index (κ1) is 20.5. The number of rotatable bonds is 7. The normalized spacial score (nSPS) is 11.0. The number of carbonyl (C=O) groups excluding carboxylic acids is 1. The van der Waals surface area contributed by atoms with Crippen molar-refractivity contribution < 1.29 is 19.4 Å². The van der Waals surface area contributed by atoms with Gasteiger partial charge in [0.15, 0.2) is 17.3 Å². The van der Waals surface area contributed by atoms with Gasteiger partial charge in [0.2, 0.25) is 0 Å². The number of thiazole rings is 1. The van der Waals surface area contributed by atoms with Crippen molar-refractivity contribution in [1.29, 1.82) is 0 Å². The van der Waals surface area contributed by atoms with E-state index in [2.05, 4.69) is 9.98 Å². The molecule has 0 aliphatic carbocycles. The van der Waals surface area contributed by atoms with Crippen molar-refractivity contribution in [2.24, 2.45) is 4.99 Å². The zero-order valence-electron chi connectivity index (χ0n) is 16.7. The van der Waals surface area contributed by atoms with Crippen LogP contribution < -0.4 is 9.47 Å². The van der Waals surface area contributed by atoms with Crippen LogP contribution in [0.15, 0.2) is 41.4 Å².